The zero-order chi connectivity index (χ0) is 19.9. The first-order valence-corrected chi connectivity index (χ1v) is 8.25. The molecule has 0 aliphatic heterocycles. The molecule has 1 atom stereocenters. The monoisotopic (exact) mass is 380 g/mol. The molecule has 1 unspecified atom stereocenters. The van der Waals surface area contributed by atoms with Gasteiger partial charge in [-0.15, -0.1) is 0 Å². The van der Waals surface area contributed by atoms with E-state index in [9.17, 15) is 22.8 Å². The van der Waals surface area contributed by atoms with Crippen molar-refractivity contribution in [2.45, 2.75) is 31.5 Å². The Kier molecular flexibility index (Phi) is 6.81. The maximum atomic E-state index is 13.0. The van der Waals surface area contributed by atoms with Crippen LogP contribution in [0.5, 0.6) is 0 Å². The lowest BCUT2D eigenvalue weighted by molar-refractivity contribution is -0.138. The van der Waals surface area contributed by atoms with E-state index in [0.717, 1.165) is 17.7 Å². The molecular formula is C19H19F3N2O3. The number of carboxylic acids is 1. The Morgan fingerprint density at radius 2 is 1.63 bits per heavy atom. The largest absolute Gasteiger partial charge is 0.481 e. The summed E-state index contributed by atoms with van der Waals surface area (Å²) >= 11 is 0. The molecule has 144 valence electrons. The number of hydrogen-bond acceptors (Lipinski definition) is 2. The molecule has 0 spiro atoms. The molecule has 2 aromatic rings. The predicted molar refractivity (Wildman–Crippen MR) is 94.4 cm³/mol. The van der Waals surface area contributed by atoms with E-state index in [-0.39, 0.29) is 18.5 Å². The molecule has 5 nitrogen and oxygen atoms in total. The van der Waals surface area contributed by atoms with Crippen LogP contribution in [0.2, 0.25) is 0 Å². The lowest BCUT2D eigenvalue weighted by Gasteiger charge is -2.20. The lowest BCUT2D eigenvalue weighted by atomic mass is 10.0. The van der Waals surface area contributed by atoms with Crippen LogP contribution < -0.4 is 10.6 Å². The molecule has 27 heavy (non-hydrogen) atoms. The van der Waals surface area contributed by atoms with E-state index < -0.39 is 29.8 Å². The van der Waals surface area contributed by atoms with E-state index in [0.29, 0.717) is 6.42 Å². The molecule has 0 radical (unpaired) electrons. The van der Waals surface area contributed by atoms with Crippen LogP contribution in [0.4, 0.5) is 23.7 Å². The third-order valence-corrected chi connectivity index (χ3v) is 3.85. The molecule has 3 N–H and O–H groups in total. The Morgan fingerprint density at radius 1 is 1.00 bits per heavy atom. The van der Waals surface area contributed by atoms with Crippen LogP contribution in [0.25, 0.3) is 0 Å². The Bertz CT molecular complexity index is 779. The average Bonchev–Trinajstić information content (AvgIpc) is 2.60. The minimum absolute atomic E-state index is 0.151. The lowest BCUT2D eigenvalue weighted by Crippen LogP contribution is -2.40. The Morgan fingerprint density at radius 3 is 2.26 bits per heavy atom. The molecule has 0 saturated heterocycles. The van der Waals surface area contributed by atoms with Gasteiger partial charge in [-0.25, -0.2) is 4.79 Å². The standard InChI is InChI=1S/C19H19F3N2O3/c20-19(21,22)15-8-4-5-9-16(15)24-18(27)23-14(10-11-17(25)26)12-13-6-2-1-3-7-13/h1-9,14H,10-12H2,(H,25,26)(H2,23,24,27). The number of halogens is 3. The van der Waals surface area contributed by atoms with Crippen LogP contribution in [0, 0.1) is 0 Å². The summed E-state index contributed by atoms with van der Waals surface area (Å²) in [6.07, 6.45) is -4.26. The van der Waals surface area contributed by atoms with Crippen LogP contribution in [0.15, 0.2) is 54.6 Å². The van der Waals surface area contributed by atoms with Crippen LogP contribution in [-0.4, -0.2) is 23.1 Å². The number of carbonyl (C=O) groups is 2. The summed E-state index contributed by atoms with van der Waals surface area (Å²) in [5, 5.41) is 13.6. The van der Waals surface area contributed by atoms with Crippen LogP contribution in [0.3, 0.4) is 0 Å². The molecule has 0 fully saturated rings. The number of hydrogen-bond donors (Lipinski definition) is 3. The molecule has 0 aliphatic carbocycles. The minimum Gasteiger partial charge on any atom is -0.481 e. The maximum Gasteiger partial charge on any atom is 0.418 e. The summed E-state index contributed by atoms with van der Waals surface area (Å²) in [5.74, 6) is -1.02. The molecular weight excluding hydrogens is 361 g/mol. The first-order valence-electron chi connectivity index (χ1n) is 8.25. The fourth-order valence-corrected chi connectivity index (χ4v) is 2.60. The quantitative estimate of drug-likeness (QED) is 0.670. The van der Waals surface area contributed by atoms with Gasteiger partial charge in [0, 0.05) is 12.5 Å². The van der Waals surface area contributed by atoms with Gasteiger partial charge in [0.15, 0.2) is 0 Å². The highest BCUT2D eigenvalue weighted by molar-refractivity contribution is 5.90. The molecule has 2 aromatic carbocycles. The highest BCUT2D eigenvalue weighted by Gasteiger charge is 2.33. The molecule has 0 aromatic heterocycles. The molecule has 2 amide bonds. The highest BCUT2D eigenvalue weighted by atomic mass is 19.4. The third kappa shape index (κ3) is 6.65. The molecule has 0 saturated carbocycles. The van der Waals surface area contributed by atoms with Gasteiger partial charge in [-0.2, -0.15) is 13.2 Å². The van der Waals surface area contributed by atoms with Crippen molar-refractivity contribution in [1.82, 2.24) is 5.32 Å². The van der Waals surface area contributed by atoms with Crippen molar-refractivity contribution in [2.24, 2.45) is 0 Å². The van der Waals surface area contributed by atoms with Gasteiger partial charge in [-0.05, 0) is 30.5 Å². The van der Waals surface area contributed by atoms with E-state index in [4.69, 9.17) is 5.11 Å². The van der Waals surface area contributed by atoms with Crippen molar-refractivity contribution < 1.29 is 27.9 Å². The van der Waals surface area contributed by atoms with Gasteiger partial charge < -0.3 is 15.7 Å². The van der Waals surface area contributed by atoms with Crippen molar-refractivity contribution in [2.75, 3.05) is 5.32 Å². The summed E-state index contributed by atoms with van der Waals surface area (Å²) in [7, 11) is 0. The van der Waals surface area contributed by atoms with Crippen molar-refractivity contribution >= 4 is 17.7 Å². The predicted octanol–water partition coefficient (Wildman–Crippen LogP) is 4.30. The molecule has 8 heteroatoms. The summed E-state index contributed by atoms with van der Waals surface area (Å²) in [6, 6.07) is 12.4. The Balaban J connectivity index is 2.08. The number of amides is 2. The van der Waals surface area contributed by atoms with Gasteiger partial charge in [0.1, 0.15) is 0 Å². The van der Waals surface area contributed by atoms with Crippen molar-refractivity contribution in [3.8, 4) is 0 Å². The topological polar surface area (TPSA) is 78.4 Å². The van der Waals surface area contributed by atoms with Crippen LogP contribution in [0.1, 0.15) is 24.0 Å². The number of carboxylic acid groups (broad SMARTS) is 1. The van der Waals surface area contributed by atoms with E-state index in [2.05, 4.69) is 10.6 Å². The smallest absolute Gasteiger partial charge is 0.418 e. The Hall–Kier alpha value is -3.03. The zero-order valence-electron chi connectivity index (χ0n) is 14.3. The summed E-state index contributed by atoms with van der Waals surface area (Å²) < 4.78 is 39.1. The summed E-state index contributed by atoms with van der Waals surface area (Å²) in [4.78, 5) is 23.0. The molecule has 0 heterocycles. The second-order valence-corrected chi connectivity index (χ2v) is 5.96. The number of alkyl halides is 3. The SMILES string of the molecule is O=C(O)CCC(Cc1ccccc1)NC(=O)Nc1ccccc1C(F)(F)F. The van der Waals surface area contributed by atoms with Crippen molar-refractivity contribution in [3.05, 3.63) is 65.7 Å². The number of urea groups is 1. The van der Waals surface area contributed by atoms with Gasteiger partial charge in [-0.1, -0.05) is 42.5 Å². The minimum atomic E-state index is -4.60. The fourth-order valence-electron chi connectivity index (χ4n) is 2.60. The fraction of sp³-hybridized carbons (Fsp3) is 0.263. The molecule has 2 rings (SSSR count). The number of rotatable bonds is 7. The second kappa shape index (κ2) is 9.07. The van der Waals surface area contributed by atoms with Crippen molar-refractivity contribution in [1.29, 1.82) is 0 Å². The third-order valence-electron chi connectivity index (χ3n) is 3.85. The number of carbonyl (C=O) groups excluding carboxylic acids is 1. The summed E-state index contributed by atoms with van der Waals surface area (Å²) in [6.45, 7) is 0. The van der Waals surface area contributed by atoms with Crippen LogP contribution >= 0.6 is 0 Å². The highest BCUT2D eigenvalue weighted by Crippen LogP contribution is 2.34. The number of para-hydroxylation sites is 1. The zero-order valence-corrected chi connectivity index (χ0v) is 14.3. The molecule has 0 bridgehead atoms. The maximum absolute atomic E-state index is 13.0. The second-order valence-electron chi connectivity index (χ2n) is 5.96. The number of anilines is 1. The van der Waals surface area contributed by atoms with Gasteiger partial charge in [0.25, 0.3) is 0 Å². The average molecular weight is 380 g/mol. The van der Waals surface area contributed by atoms with Gasteiger partial charge in [0.05, 0.1) is 11.3 Å². The van der Waals surface area contributed by atoms with E-state index in [1.54, 1.807) is 0 Å². The van der Waals surface area contributed by atoms with Gasteiger partial charge >= 0.3 is 18.2 Å². The van der Waals surface area contributed by atoms with Crippen molar-refractivity contribution in [3.63, 3.8) is 0 Å². The van der Waals surface area contributed by atoms with Gasteiger partial charge in [0.2, 0.25) is 0 Å². The van der Waals surface area contributed by atoms with E-state index >= 15 is 0 Å². The van der Waals surface area contributed by atoms with Gasteiger partial charge in [-0.3, -0.25) is 4.79 Å². The number of benzene rings is 2. The summed E-state index contributed by atoms with van der Waals surface area (Å²) in [5.41, 5.74) is -0.437. The van der Waals surface area contributed by atoms with Crippen LogP contribution in [-0.2, 0) is 17.4 Å². The first kappa shape index (κ1) is 20.3. The Labute approximate surface area is 154 Å². The van der Waals surface area contributed by atoms with E-state index in [1.807, 2.05) is 30.3 Å². The van der Waals surface area contributed by atoms with E-state index in [1.165, 1.54) is 12.1 Å². The normalized spacial score (nSPS) is 12.3. The molecule has 0 aliphatic rings. The first-order chi connectivity index (χ1) is 12.8. The number of nitrogens with one attached hydrogen (secondary N) is 2. The number of aliphatic carboxylic acids is 1.